The van der Waals surface area contributed by atoms with Crippen molar-refractivity contribution in [3.05, 3.63) is 57.9 Å². The summed E-state index contributed by atoms with van der Waals surface area (Å²) in [7, 11) is 0. The minimum atomic E-state index is -0.955. The number of hydrogen-bond acceptors (Lipinski definition) is 5. The van der Waals surface area contributed by atoms with Gasteiger partial charge in [-0.3, -0.25) is 15.0 Å². The van der Waals surface area contributed by atoms with Gasteiger partial charge in [0.05, 0.1) is 16.5 Å². The Morgan fingerprint density at radius 1 is 1.17 bits per heavy atom. The van der Waals surface area contributed by atoms with Crippen molar-refractivity contribution in [2.75, 3.05) is 5.73 Å². The predicted octanol–water partition coefficient (Wildman–Crippen LogP) is 6.97. The molecule has 8 nitrogen and oxygen atoms in total. The van der Waals surface area contributed by atoms with Crippen LogP contribution in [0.5, 0.6) is 11.5 Å². The molecule has 0 heterocycles. The molecule has 0 bridgehead atoms. The number of nitrogen functional groups attached to an aromatic ring is 1. The molecule has 1 amide bonds. The van der Waals surface area contributed by atoms with E-state index in [1.165, 1.54) is 0 Å². The van der Waals surface area contributed by atoms with Gasteiger partial charge in [-0.15, -0.1) is 0 Å². The van der Waals surface area contributed by atoms with E-state index in [0.717, 1.165) is 43.4 Å². The summed E-state index contributed by atoms with van der Waals surface area (Å²) in [6, 6.07) is 8.49. The molecule has 0 aromatic heterocycles. The number of nitro benzene ring substituents is 1. The summed E-state index contributed by atoms with van der Waals surface area (Å²) < 4.78 is 19.8. The third-order valence-corrected chi connectivity index (χ3v) is 7.34. The molecule has 1 fully saturated rings. The zero-order valence-corrected chi connectivity index (χ0v) is 20.9. The number of amides is 1. The Morgan fingerprint density at radius 3 is 2.23 bits per heavy atom. The summed E-state index contributed by atoms with van der Waals surface area (Å²) in [6.45, 7) is 11.0. The monoisotopic (exact) mass is 487 g/mol. The second-order valence-electron chi connectivity index (χ2n) is 11.2. The Morgan fingerprint density at radius 2 is 1.74 bits per heavy atom. The van der Waals surface area contributed by atoms with E-state index in [0.29, 0.717) is 5.75 Å². The third kappa shape index (κ3) is 5.49. The number of benzene rings is 2. The van der Waals surface area contributed by atoms with Gasteiger partial charge in [0, 0.05) is 12.6 Å². The molecule has 0 atom stereocenters. The number of carbonyl (C=O) groups is 1. The van der Waals surface area contributed by atoms with Crippen LogP contribution in [0.1, 0.15) is 65.9 Å². The average molecular weight is 488 g/mol. The quantitative estimate of drug-likeness (QED) is 0.258. The summed E-state index contributed by atoms with van der Waals surface area (Å²) in [6.07, 6.45) is 2.52. The van der Waals surface area contributed by atoms with E-state index in [4.69, 9.17) is 10.5 Å². The van der Waals surface area contributed by atoms with Crippen LogP contribution in [0.3, 0.4) is 0 Å². The Balaban J connectivity index is 1.82. The molecule has 9 heteroatoms. The van der Waals surface area contributed by atoms with Gasteiger partial charge in [-0.25, -0.2) is 9.18 Å². The Kier molecular flexibility index (Phi) is 7.02. The van der Waals surface area contributed by atoms with E-state index in [2.05, 4.69) is 34.6 Å². The van der Waals surface area contributed by atoms with E-state index in [9.17, 15) is 24.4 Å². The van der Waals surface area contributed by atoms with Crippen molar-refractivity contribution in [2.45, 2.75) is 72.4 Å². The summed E-state index contributed by atoms with van der Waals surface area (Å²) in [5.41, 5.74) is 5.12. The van der Waals surface area contributed by atoms with Crippen molar-refractivity contribution in [1.82, 2.24) is 4.90 Å². The van der Waals surface area contributed by atoms with E-state index < -0.39 is 28.1 Å². The molecule has 190 valence electrons. The molecule has 0 unspecified atom stereocenters. The molecule has 0 radical (unpaired) electrons. The van der Waals surface area contributed by atoms with Gasteiger partial charge < -0.3 is 15.6 Å². The van der Waals surface area contributed by atoms with Gasteiger partial charge in [-0.1, -0.05) is 46.8 Å². The molecule has 3 N–H and O–H groups in total. The molecule has 1 saturated carbocycles. The van der Waals surface area contributed by atoms with Gasteiger partial charge in [0.2, 0.25) is 0 Å². The first kappa shape index (κ1) is 26.2. The van der Waals surface area contributed by atoms with Crippen LogP contribution < -0.4 is 10.5 Å². The maximum absolute atomic E-state index is 14.3. The minimum Gasteiger partial charge on any atom is -0.465 e. The second-order valence-corrected chi connectivity index (χ2v) is 11.2. The fourth-order valence-corrected chi connectivity index (χ4v) is 4.93. The molecular formula is C26H34FN3O5. The smallest absolute Gasteiger partial charge is 0.408 e. The summed E-state index contributed by atoms with van der Waals surface area (Å²) in [4.78, 5) is 24.2. The maximum atomic E-state index is 14.3. The standard InChI is InChI=1S/C26H34FN3O5/c1-24(2,3)26(12-10-25(4,5)11-13-26)29(23(31)32)16-17-6-8-18(9-7-17)35-22-15-20(28)21(30(33)34)14-19(22)27/h6-9,14-15H,10-13,16,28H2,1-5H3,(H,31,32). The van der Waals surface area contributed by atoms with E-state index in [-0.39, 0.29) is 28.8 Å². The molecule has 0 aliphatic heterocycles. The summed E-state index contributed by atoms with van der Waals surface area (Å²) >= 11 is 0. The molecule has 1 aliphatic rings. The largest absolute Gasteiger partial charge is 0.465 e. The van der Waals surface area contributed by atoms with Gasteiger partial charge >= 0.3 is 6.09 Å². The van der Waals surface area contributed by atoms with Crippen LogP contribution in [0.4, 0.5) is 20.6 Å². The second kappa shape index (κ2) is 9.36. The molecule has 0 saturated heterocycles. The van der Waals surface area contributed by atoms with Crippen molar-refractivity contribution in [1.29, 1.82) is 0 Å². The first-order valence-corrected chi connectivity index (χ1v) is 11.7. The lowest BCUT2D eigenvalue weighted by Crippen LogP contribution is -2.60. The molecule has 0 spiro atoms. The number of nitrogens with two attached hydrogens (primary N) is 1. The fourth-order valence-electron chi connectivity index (χ4n) is 4.93. The Bertz CT molecular complexity index is 1100. The number of hydrogen-bond donors (Lipinski definition) is 2. The highest BCUT2D eigenvalue weighted by Gasteiger charge is 2.51. The van der Waals surface area contributed by atoms with E-state index in [1.807, 2.05) is 0 Å². The lowest BCUT2D eigenvalue weighted by atomic mass is 9.59. The normalized spacial score (nSPS) is 17.0. The fraction of sp³-hybridized carbons (Fsp3) is 0.500. The third-order valence-electron chi connectivity index (χ3n) is 7.34. The topological polar surface area (TPSA) is 119 Å². The van der Waals surface area contributed by atoms with E-state index >= 15 is 0 Å². The molecule has 35 heavy (non-hydrogen) atoms. The predicted molar refractivity (Wildman–Crippen MR) is 132 cm³/mol. The number of nitrogens with zero attached hydrogens (tertiary/aromatic N) is 2. The van der Waals surface area contributed by atoms with Gasteiger partial charge in [0.15, 0.2) is 11.6 Å². The average Bonchev–Trinajstić information content (AvgIpc) is 2.74. The number of anilines is 1. The molecule has 2 aromatic rings. The number of ether oxygens (including phenoxy) is 1. The Labute approximate surface area is 205 Å². The SMILES string of the molecule is CC1(C)CCC(N(Cc2ccc(Oc3cc(N)c([N+](=O)[O-])cc3F)cc2)C(=O)O)(C(C)(C)C)CC1. The van der Waals surface area contributed by atoms with Crippen molar-refractivity contribution in [3.63, 3.8) is 0 Å². The molecular weight excluding hydrogens is 453 g/mol. The van der Waals surface area contributed by atoms with Crippen molar-refractivity contribution >= 4 is 17.5 Å². The van der Waals surface area contributed by atoms with Gasteiger partial charge in [0.1, 0.15) is 11.4 Å². The number of nitro groups is 1. The van der Waals surface area contributed by atoms with Crippen LogP contribution in [0, 0.1) is 26.8 Å². The lowest BCUT2D eigenvalue weighted by Gasteiger charge is -2.56. The zero-order valence-electron chi connectivity index (χ0n) is 20.9. The van der Waals surface area contributed by atoms with Crippen molar-refractivity contribution < 1.29 is 24.0 Å². The highest BCUT2D eigenvalue weighted by molar-refractivity contribution is 5.66. The van der Waals surface area contributed by atoms with Crippen LogP contribution in [0.25, 0.3) is 0 Å². The number of rotatable bonds is 6. The maximum Gasteiger partial charge on any atom is 0.408 e. The first-order valence-electron chi connectivity index (χ1n) is 11.7. The van der Waals surface area contributed by atoms with Crippen molar-refractivity contribution in [3.8, 4) is 11.5 Å². The number of carboxylic acid groups (broad SMARTS) is 1. The summed E-state index contributed by atoms with van der Waals surface area (Å²) in [5.74, 6) is -0.836. The van der Waals surface area contributed by atoms with Gasteiger partial charge in [-0.05, 0) is 54.2 Å². The Hall–Kier alpha value is -3.36. The first-order chi connectivity index (χ1) is 16.1. The van der Waals surface area contributed by atoms with Crippen molar-refractivity contribution in [2.24, 2.45) is 10.8 Å². The van der Waals surface area contributed by atoms with Crippen LogP contribution in [-0.4, -0.2) is 26.6 Å². The van der Waals surface area contributed by atoms with Crippen LogP contribution in [-0.2, 0) is 6.54 Å². The van der Waals surface area contributed by atoms with Gasteiger partial charge in [-0.2, -0.15) is 0 Å². The number of halogens is 1. The van der Waals surface area contributed by atoms with E-state index in [1.54, 1.807) is 29.2 Å². The van der Waals surface area contributed by atoms with Crippen LogP contribution in [0.15, 0.2) is 36.4 Å². The highest BCUT2D eigenvalue weighted by Crippen LogP contribution is 2.51. The van der Waals surface area contributed by atoms with Crippen LogP contribution in [0.2, 0.25) is 0 Å². The zero-order chi connectivity index (χ0) is 26.2. The van der Waals surface area contributed by atoms with Gasteiger partial charge in [0.25, 0.3) is 5.69 Å². The minimum absolute atomic E-state index is 0.189. The lowest BCUT2D eigenvalue weighted by molar-refractivity contribution is -0.384. The molecule has 2 aromatic carbocycles. The van der Waals surface area contributed by atoms with Crippen LogP contribution >= 0.6 is 0 Å². The highest BCUT2D eigenvalue weighted by atomic mass is 19.1. The molecule has 3 rings (SSSR count). The summed E-state index contributed by atoms with van der Waals surface area (Å²) in [5, 5.41) is 21.1. The molecule has 1 aliphatic carbocycles.